The predicted molar refractivity (Wildman–Crippen MR) is 63.2 cm³/mol. The van der Waals surface area contributed by atoms with E-state index in [0.717, 1.165) is 6.07 Å². The van der Waals surface area contributed by atoms with E-state index in [9.17, 15) is 22.4 Å². The summed E-state index contributed by atoms with van der Waals surface area (Å²) in [6.45, 7) is 1.34. The summed E-state index contributed by atoms with van der Waals surface area (Å²) in [4.78, 5) is 11.6. The Balaban J connectivity index is 2.55. The van der Waals surface area contributed by atoms with Gasteiger partial charge in [-0.25, -0.2) is 4.39 Å². The molecule has 0 aliphatic carbocycles. The van der Waals surface area contributed by atoms with Gasteiger partial charge >= 0.3 is 6.18 Å². The minimum Gasteiger partial charge on any atom is -0.398 e. The number of nitrogens with two attached hydrogens (primary N) is 1. The van der Waals surface area contributed by atoms with Crippen LogP contribution in [0.15, 0.2) is 12.1 Å². The van der Waals surface area contributed by atoms with Crippen LogP contribution in [0.2, 0.25) is 0 Å². The molecule has 0 heterocycles. The highest BCUT2D eigenvalue weighted by Gasteiger charge is 2.26. The number of nitrogen functional groups attached to an aromatic ring is 1. The molecule has 0 fully saturated rings. The molecule has 0 aliphatic rings. The monoisotopic (exact) mass is 278 g/mol. The van der Waals surface area contributed by atoms with Crippen LogP contribution in [0, 0.1) is 12.7 Å². The van der Waals surface area contributed by atoms with E-state index in [-0.39, 0.29) is 29.8 Å². The molecule has 0 spiro atoms. The van der Waals surface area contributed by atoms with Gasteiger partial charge in [0.15, 0.2) is 0 Å². The summed E-state index contributed by atoms with van der Waals surface area (Å²) in [7, 11) is 0. The SMILES string of the molecule is Cc1c(N)cc(C(=O)NCCCC(F)(F)F)cc1F. The third kappa shape index (κ3) is 4.76. The van der Waals surface area contributed by atoms with Gasteiger partial charge in [-0.1, -0.05) is 0 Å². The maximum absolute atomic E-state index is 13.3. The largest absolute Gasteiger partial charge is 0.398 e. The number of hydrogen-bond donors (Lipinski definition) is 2. The van der Waals surface area contributed by atoms with Crippen LogP contribution in [-0.4, -0.2) is 18.6 Å². The Labute approximate surface area is 107 Å². The molecule has 0 radical (unpaired) electrons. The molecule has 3 nitrogen and oxygen atoms in total. The second-order valence-electron chi connectivity index (χ2n) is 4.15. The van der Waals surface area contributed by atoms with Crippen LogP contribution >= 0.6 is 0 Å². The smallest absolute Gasteiger partial charge is 0.389 e. The molecule has 0 bridgehead atoms. The van der Waals surface area contributed by atoms with E-state index >= 15 is 0 Å². The van der Waals surface area contributed by atoms with Crippen LogP contribution < -0.4 is 11.1 Å². The van der Waals surface area contributed by atoms with Gasteiger partial charge in [-0.3, -0.25) is 4.79 Å². The normalized spacial score (nSPS) is 11.4. The molecule has 0 atom stereocenters. The van der Waals surface area contributed by atoms with E-state index in [1.54, 1.807) is 0 Å². The maximum atomic E-state index is 13.3. The second kappa shape index (κ2) is 5.90. The van der Waals surface area contributed by atoms with Crippen LogP contribution in [-0.2, 0) is 0 Å². The number of benzene rings is 1. The lowest BCUT2D eigenvalue weighted by Gasteiger charge is -2.09. The van der Waals surface area contributed by atoms with Crippen molar-refractivity contribution in [3.63, 3.8) is 0 Å². The Bertz CT molecular complexity index is 448. The van der Waals surface area contributed by atoms with Crippen molar-refractivity contribution in [1.82, 2.24) is 5.32 Å². The molecular weight excluding hydrogens is 264 g/mol. The van der Waals surface area contributed by atoms with Crippen molar-refractivity contribution in [2.24, 2.45) is 0 Å². The molecule has 0 aliphatic heterocycles. The average Bonchev–Trinajstić information content (AvgIpc) is 2.29. The molecule has 1 amide bonds. The number of carbonyl (C=O) groups excluding carboxylic acids is 1. The van der Waals surface area contributed by atoms with Crippen molar-refractivity contribution >= 4 is 11.6 Å². The van der Waals surface area contributed by atoms with E-state index in [4.69, 9.17) is 5.73 Å². The number of carbonyl (C=O) groups is 1. The highest BCUT2D eigenvalue weighted by molar-refractivity contribution is 5.95. The first-order chi connectivity index (χ1) is 8.70. The molecule has 0 saturated heterocycles. The lowest BCUT2D eigenvalue weighted by Crippen LogP contribution is -2.26. The Hall–Kier alpha value is -1.79. The summed E-state index contributed by atoms with van der Waals surface area (Å²) >= 11 is 0. The predicted octanol–water partition coefficient (Wildman–Crippen LogP) is 2.79. The summed E-state index contributed by atoms with van der Waals surface area (Å²) in [5.41, 5.74) is 5.85. The lowest BCUT2D eigenvalue weighted by molar-refractivity contribution is -0.135. The molecule has 106 valence electrons. The topological polar surface area (TPSA) is 55.1 Å². The number of alkyl halides is 3. The fourth-order valence-electron chi connectivity index (χ4n) is 1.42. The maximum Gasteiger partial charge on any atom is 0.389 e. The molecule has 3 N–H and O–H groups in total. The molecular formula is C12H14F4N2O. The summed E-state index contributed by atoms with van der Waals surface area (Å²) in [5.74, 6) is -1.27. The van der Waals surface area contributed by atoms with Gasteiger partial charge in [-0.05, 0) is 25.5 Å². The van der Waals surface area contributed by atoms with E-state index in [0.29, 0.717) is 0 Å². The summed E-state index contributed by atoms with van der Waals surface area (Å²) in [6.07, 6.45) is -5.44. The molecule has 0 aromatic heterocycles. The Morgan fingerprint density at radius 1 is 1.37 bits per heavy atom. The highest BCUT2D eigenvalue weighted by atomic mass is 19.4. The van der Waals surface area contributed by atoms with Crippen molar-refractivity contribution < 1.29 is 22.4 Å². The number of rotatable bonds is 4. The van der Waals surface area contributed by atoms with E-state index in [1.165, 1.54) is 13.0 Å². The first-order valence-electron chi connectivity index (χ1n) is 5.61. The standard InChI is InChI=1S/C12H14F4N2O/c1-7-9(13)5-8(6-10(7)17)11(19)18-4-2-3-12(14,15)16/h5-6H,2-4,17H2,1H3,(H,18,19). The molecule has 7 heteroatoms. The van der Waals surface area contributed by atoms with Crippen molar-refractivity contribution in [3.05, 3.63) is 29.1 Å². The zero-order chi connectivity index (χ0) is 14.6. The number of hydrogen-bond acceptors (Lipinski definition) is 2. The van der Waals surface area contributed by atoms with Crippen LogP contribution in [0.3, 0.4) is 0 Å². The minimum absolute atomic E-state index is 0.00684. The molecule has 0 saturated carbocycles. The van der Waals surface area contributed by atoms with Crippen molar-refractivity contribution in [2.75, 3.05) is 12.3 Å². The third-order valence-corrected chi connectivity index (χ3v) is 2.57. The van der Waals surface area contributed by atoms with Gasteiger partial charge in [0.1, 0.15) is 5.82 Å². The minimum atomic E-state index is -4.24. The lowest BCUT2D eigenvalue weighted by atomic mass is 10.1. The number of halogens is 4. The van der Waals surface area contributed by atoms with Crippen molar-refractivity contribution in [1.29, 1.82) is 0 Å². The first kappa shape index (κ1) is 15.3. The first-order valence-corrected chi connectivity index (χ1v) is 5.61. The van der Waals surface area contributed by atoms with Crippen LogP contribution in [0.25, 0.3) is 0 Å². The van der Waals surface area contributed by atoms with Gasteiger partial charge in [-0.15, -0.1) is 0 Å². The highest BCUT2D eigenvalue weighted by Crippen LogP contribution is 2.21. The van der Waals surface area contributed by atoms with Gasteiger partial charge in [0, 0.05) is 29.8 Å². The number of nitrogens with one attached hydrogen (secondary N) is 1. The van der Waals surface area contributed by atoms with Crippen molar-refractivity contribution in [2.45, 2.75) is 25.9 Å². The fourth-order valence-corrected chi connectivity index (χ4v) is 1.42. The van der Waals surface area contributed by atoms with Crippen LogP contribution in [0.4, 0.5) is 23.2 Å². The molecule has 1 aromatic carbocycles. The van der Waals surface area contributed by atoms with Crippen LogP contribution in [0.1, 0.15) is 28.8 Å². The van der Waals surface area contributed by atoms with Crippen LogP contribution in [0.5, 0.6) is 0 Å². The van der Waals surface area contributed by atoms with Gasteiger partial charge in [0.05, 0.1) is 0 Å². The fraction of sp³-hybridized carbons (Fsp3) is 0.417. The number of anilines is 1. The second-order valence-corrected chi connectivity index (χ2v) is 4.15. The molecule has 19 heavy (non-hydrogen) atoms. The van der Waals surface area contributed by atoms with Crippen molar-refractivity contribution in [3.8, 4) is 0 Å². The molecule has 0 unspecified atom stereocenters. The third-order valence-electron chi connectivity index (χ3n) is 2.57. The summed E-state index contributed by atoms with van der Waals surface area (Å²) in [6, 6.07) is 2.29. The Morgan fingerprint density at radius 3 is 2.53 bits per heavy atom. The summed E-state index contributed by atoms with van der Waals surface area (Å²) in [5, 5.41) is 2.28. The van der Waals surface area contributed by atoms with E-state index < -0.39 is 24.3 Å². The van der Waals surface area contributed by atoms with Gasteiger partial charge < -0.3 is 11.1 Å². The Kier molecular flexibility index (Phi) is 4.74. The van der Waals surface area contributed by atoms with Gasteiger partial charge in [0.2, 0.25) is 0 Å². The van der Waals surface area contributed by atoms with E-state index in [2.05, 4.69) is 5.32 Å². The Morgan fingerprint density at radius 2 is 2.00 bits per heavy atom. The zero-order valence-corrected chi connectivity index (χ0v) is 10.3. The van der Waals surface area contributed by atoms with Gasteiger partial charge in [0.25, 0.3) is 5.91 Å². The molecule has 1 rings (SSSR count). The summed E-state index contributed by atoms with van der Waals surface area (Å²) < 4.78 is 49.0. The van der Waals surface area contributed by atoms with E-state index in [1.807, 2.05) is 0 Å². The average molecular weight is 278 g/mol. The zero-order valence-electron chi connectivity index (χ0n) is 10.3. The van der Waals surface area contributed by atoms with Gasteiger partial charge in [-0.2, -0.15) is 13.2 Å². The number of amides is 1. The quantitative estimate of drug-likeness (QED) is 0.505. The molecule has 1 aromatic rings.